The largest absolute Gasteiger partial charge is 0.354 e. The topological polar surface area (TPSA) is 91.3 Å². The molecule has 4 rings (SSSR count). The Morgan fingerprint density at radius 1 is 0.871 bits per heavy atom. The first-order chi connectivity index (χ1) is 14.8. The summed E-state index contributed by atoms with van der Waals surface area (Å²) in [6.45, 7) is 7.63. The second-order valence-electron chi connectivity index (χ2n) is 7.72. The van der Waals surface area contributed by atoms with E-state index in [-0.39, 0.29) is 0 Å². The Balaban J connectivity index is 1.47. The standard InChI is InChI=1S/C22H26N6O2S/c1-16-12-17(2)22(18(3)13-16)31(29,30)28-10-8-27(9-11-28)21-14-20(24-15-25-21)26-19-6-4-5-7-23-19/h4-7,12-15H,8-11H2,1-3H3,(H,23,24,25,26). The maximum atomic E-state index is 13.3. The molecule has 1 aliphatic rings. The maximum absolute atomic E-state index is 13.3. The molecule has 1 aliphatic heterocycles. The lowest BCUT2D eigenvalue weighted by molar-refractivity contribution is 0.383. The van der Waals surface area contributed by atoms with Gasteiger partial charge in [0.25, 0.3) is 0 Å². The molecular weight excluding hydrogens is 412 g/mol. The number of benzene rings is 1. The van der Waals surface area contributed by atoms with Gasteiger partial charge in [-0.25, -0.2) is 23.4 Å². The zero-order valence-electron chi connectivity index (χ0n) is 17.9. The number of sulfonamides is 1. The number of piperazine rings is 1. The molecule has 0 radical (unpaired) electrons. The van der Waals surface area contributed by atoms with Crippen LogP contribution in [0.25, 0.3) is 0 Å². The van der Waals surface area contributed by atoms with E-state index in [1.165, 1.54) is 6.33 Å². The first kappa shape index (κ1) is 21.2. The molecule has 3 heterocycles. The van der Waals surface area contributed by atoms with Crippen LogP contribution in [0.3, 0.4) is 0 Å². The lowest BCUT2D eigenvalue weighted by Gasteiger charge is -2.35. The molecule has 0 bridgehead atoms. The number of hydrogen-bond acceptors (Lipinski definition) is 7. The molecule has 8 nitrogen and oxygen atoms in total. The molecule has 0 unspecified atom stereocenters. The van der Waals surface area contributed by atoms with E-state index in [4.69, 9.17) is 0 Å². The summed E-state index contributed by atoms with van der Waals surface area (Å²) in [4.78, 5) is 15.4. The predicted molar refractivity (Wildman–Crippen MR) is 121 cm³/mol. The van der Waals surface area contributed by atoms with Crippen molar-refractivity contribution in [1.29, 1.82) is 0 Å². The van der Waals surface area contributed by atoms with Crippen molar-refractivity contribution in [1.82, 2.24) is 19.3 Å². The molecule has 0 atom stereocenters. The first-order valence-corrected chi connectivity index (χ1v) is 11.6. The van der Waals surface area contributed by atoms with Gasteiger partial charge in [-0.3, -0.25) is 0 Å². The minimum absolute atomic E-state index is 0.405. The SMILES string of the molecule is Cc1cc(C)c(S(=O)(=O)N2CCN(c3cc(Nc4ccccn4)ncn3)CC2)c(C)c1. The lowest BCUT2D eigenvalue weighted by atomic mass is 10.1. The molecule has 0 amide bonds. The summed E-state index contributed by atoms with van der Waals surface area (Å²) in [5.41, 5.74) is 2.65. The second kappa shape index (κ2) is 8.60. The van der Waals surface area contributed by atoms with Gasteiger partial charge in [-0.2, -0.15) is 4.31 Å². The highest BCUT2D eigenvalue weighted by Gasteiger charge is 2.31. The number of aromatic nitrogens is 3. The monoisotopic (exact) mass is 438 g/mol. The Kier molecular flexibility index (Phi) is 5.88. The number of nitrogens with one attached hydrogen (secondary N) is 1. The quantitative estimate of drug-likeness (QED) is 0.655. The van der Waals surface area contributed by atoms with Crippen LogP contribution < -0.4 is 10.2 Å². The van der Waals surface area contributed by atoms with Crippen LogP contribution in [0.15, 0.2) is 53.8 Å². The summed E-state index contributed by atoms with van der Waals surface area (Å²) in [5.74, 6) is 2.10. The van der Waals surface area contributed by atoms with Crippen molar-refractivity contribution >= 4 is 27.5 Å². The highest BCUT2D eigenvalue weighted by Crippen LogP contribution is 2.27. The summed E-state index contributed by atoms with van der Waals surface area (Å²) in [5, 5.41) is 3.16. The van der Waals surface area contributed by atoms with E-state index < -0.39 is 10.0 Å². The fraction of sp³-hybridized carbons (Fsp3) is 0.318. The van der Waals surface area contributed by atoms with E-state index in [0.29, 0.717) is 42.7 Å². The van der Waals surface area contributed by atoms with Crippen molar-refractivity contribution in [2.75, 3.05) is 36.4 Å². The van der Waals surface area contributed by atoms with Gasteiger partial charge in [0.15, 0.2) is 0 Å². The fourth-order valence-corrected chi connectivity index (χ4v) is 5.85. The Bertz CT molecular complexity index is 1150. The molecule has 9 heteroatoms. The Morgan fingerprint density at radius 3 is 2.23 bits per heavy atom. The highest BCUT2D eigenvalue weighted by molar-refractivity contribution is 7.89. The molecular formula is C22H26N6O2S. The first-order valence-electron chi connectivity index (χ1n) is 10.2. The zero-order valence-corrected chi connectivity index (χ0v) is 18.7. The molecule has 1 N–H and O–H groups in total. The van der Waals surface area contributed by atoms with E-state index in [1.807, 2.05) is 57.2 Å². The van der Waals surface area contributed by atoms with Crippen molar-refractivity contribution in [2.45, 2.75) is 25.7 Å². The molecule has 0 spiro atoms. The molecule has 3 aromatic rings. The minimum atomic E-state index is -3.54. The van der Waals surface area contributed by atoms with Crippen LogP contribution in [0.5, 0.6) is 0 Å². The Morgan fingerprint density at radius 2 is 1.58 bits per heavy atom. The van der Waals surface area contributed by atoms with Crippen molar-refractivity contribution < 1.29 is 8.42 Å². The van der Waals surface area contributed by atoms with Crippen molar-refractivity contribution in [3.63, 3.8) is 0 Å². The van der Waals surface area contributed by atoms with Crippen LogP contribution in [0.1, 0.15) is 16.7 Å². The smallest absolute Gasteiger partial charge is 0.243 e. The summed E-state index contributed by atoms with van der Waals surface area (Å²) < 4.78 is 28.2. The fourth-order valence-electron chi connectivity index (χ4n) is 4.02. The van der Waals surface area contributed by atoms with Gasteiger partial charge < -0.3 is 10.2 Å². The van der Waals surface area contributed by atoms with Gasteiger partial charge in [-0.1, -0.05) is 23.8 Å². The van der Waals surface area contributed by atoms with Crippen LogP contribution >= 0.6 is 0 Å². The van der Waals surface area contributed by atoms with Crippen LogP contribution in [0.2, 0.25) is 0 Å². The van der Waals surface area contributed by atoms with Crippen LogP contribution in [0, 0.1) is 20.8 Å². The predicted octanol–water partition coefficient (Wildman–Crippen LogP) is 3.05. The Labute approximate surface area is 183 Å². The third kappa shape index (κ3) is 4.52. The van der Waals surface area contributed by atoms with Crippen LogP contribution in [0.4, 0.5) is 17.5 Å². The molecule has 162 valence electrons. The van der Waals surface area contributed by atoms with Gasteiger partial charge in [0, 0.05) is 38.4 Å². The van der Waals surface area contributed by atoms with E-state index in [2.05, 4.69) is 25.2 Å². The van der Waals surface area contributed by atoms with Crippen molar-refractivity contribution in [2.24, 2.45) is 0 Å². The third-order valence-corrected chi connectivity index (χ3v) is 7.54. The molecule has 0 aliphatic carbocycles. The number of hydrogen-bond donors (Lipinski definition) is 1. The summed E-state index contributed by atoms with van der Waals surface area (Å²) in [7, 11) is -3.54. The molecule has 0 saturated carbocycles. The number of anilines is 3. The van der Waals surface area contributed by atoms with Gasteiger partial charge in [0.05, 0.1) is 4.90 Å². The summed E-state index contributed by atoms with van der Waals surface area (Å²) in [6.07, 6.45) is 3.21. The summed E-state index contributed by atoms with van der Waals surface area (Å²) in [6, 6.07) is 11.3. The Hall–Kier alpha value is -3.04. The molecule has 31 heavy (non-hydrogen) atoms. The molecule has 2 aromatic heterocycles. The molecule has 1 fully saturated rings. The van der Waals surface area contributed by atoms with Crippen LogP contribution in [-0.4, -0.2) is 53.9 Å². The number of aryl methyl sites for hydroxylation is 3. The average Bonchev–Trinajstić information content (AvgIpc) is 2.74. The second-order valence-corrected chi connectivity index (χ2v) is 9.60. The van der Waals surface area contributed by atoms with E-state index >= 15 is 0 Å². The van der Waals surface area contributed by atoms with Gasteiger partial charge in [-0.05, 0) is 44.0 Å². The van der Waals surface area contributed by atoms with E-state index in [1.54, 1.807) is 10.5 Å². The molecule has 1 aromatic carbocycles. The number of rotatable bonds is 5. The number of nitrogens with zero attached hydrogens (tertiary/aromatic N) is 5. The maximum Gasteiger partial charge on any atom is 0.243 e. The average molecular weight is 439 g/mol. The minimum Gasteiger partial charge on any atom is -0.354 e. The van der Waals surface area contributed by atoms with Gasteiger partial charge in [-0.15, -0.1) is 0 Å². The molecule has 1 saturated heterocycles. The van der Waals surface area contributed by atoms with Crippen molar-refractivity contribution in [3.8, 4) is 0 Å². The third-order valence-electron chi connectivity index (χ3n) is 5.34. The van der Waals surface area contributed by atoms with E-state index in [9.17, 15) is 8.42 Å². The van der Waals surface area contributed by atoms with E-state index in [0.717, 1.165) is 22.5 Å². The number of pyridine rings is 1. The van der Waals surface area contributed by atoms with Gasteiger partial charge in [0.2, 0.25) is 10.0 Å². The van der Waals surface area contributed by atoms with Crippen molar-refractivity contribution in [3.05, 3.63) is 65.6 Å². The lowest BCUT2D eigenvalue weighted by Crippen LogP contribution is -2.49. The normalized spacial score (nSPS) is 15.1. The summed E-state index contributed by atoms with van der Waals surface area (Å²) >= 11 is 0. The van der Waals surface area contributed by atoms with Gasteiger partial charge in [0.1, 0.15) is 23.8 Å². The zero-order chi connectivity index (χ0) is 22.0. The van der Waals surface area contributed by atoms with Crippen LogP contribution in [-0.2, 0) is 10.0 Å². The highest BCUT2D eigenvalue weighted by atomic mass is 32.2. The van der Waals surface area contributed by atoms with Gasteiger partial charge >= 0.3 is 0 Å².